The van der Waals surface area contributed by atoms with E-state index in [0.717, 1.165) is 13.1 Å². The number of nitrogens with zero attached hydrogens (tertiary/aromatic N) is 1. The van der Waals surface area contributed by atoms with Gasteiger partial charge >= 0.3 is 0 Å². The fourth-order valence-electron chi connectivity index (χ4n) is 2.01. The summed E-state index contributed by atoms with van der Waals surface area (Å²) >= 11 is 0. The molecular formula is C13H18N2O. The molecule has 0 fully saturated rings. The van der Waals surface area contributed by atoms with Crippen molar-refractivity contribution in [2.45, 2.75) is 38.9 Å². The number of carbonyl (C=O) groups excluding carboxylic acids is 1. The Labute approximate surface area is 96.2 Å². The molecule has 0 bridgehead atoms. The summed E-state index contributed by atoms with van der Waals surface area (Å²) < 4.78 is 0. The Bertz CT molecular complexity index is 382. The summed E-state index contributed by atoms with van der Waals surface area (Å²) in [5.41, 5.74) is 7.95. The Morgan fingerprint density at radius 1 is 1.31 bits per heavy atom. The molecule has 0 spiro atoms. The number of hydrogen-bond donors (Lipinski definition) is 1. The van der Waals surface area contributed by atoms with Crippen LogP contribution in [0.25, 0.3) is 0 Å². The van der Waals surface area contributed by atoms with Crippen LogP contribution in [0.1, 0.15) is 31.4 Å². The average molecular weight is 218 g/mol. The van der Waals surface area contributed by atoms with Crippen molar-refractivity contribution in [3.05, 3.63) is 35.4 Å². The molecule has 3 nitrogen and oxygen atoms in total. The first-order valence-corrected chi connectivity index (χ1v) is 5.59. The molecule has 0 aromatic heterocycles. The van der Waals surface area contributed by atoms with Crippen molar-refractivity contribution in [1.29, 1.82) is 0 Å². The molecule has 1 aromatic carbocycles. The van der Waals surface area contributed by atoms with Crippen molar-refractivity contribution in [1.82, 2.24) is 4.90 Å². The summed E-state index contributed by atoms with van der Waals surface area (Å²) in [6.45, 7) is 5.22. The summed E-state index contributed by atoms with van der Waals surface area (Å²) in [6.07, 6.45) is 0.404. The van der Waals surface area contributed by atoms with E-state index in [-0.39, 0.29) is 5.91 Å². The van der Waals surface area contributed by atoms with Gasteiger partial charge in [-0.3, -0.25) is 4.79 Å². The van der Waals surface area contributed by atoms with Gasteiger partial charge in [-0.2, -0.15) is 0 Å². The number of carbonyl (C=O) groups is 1. The van der Waals surface area contributed by atoms with E-state index in [0.29, 0.717) is 6.42 Å². The molecule has 0 atom stereocenters. The van der Waals surface area contributed by atoms with Crippen LogP contribution in [-0.2, 0) is 17.9 Å². The van der Waals surface area contributed by atoms with Gasteiger partial charge in [0.05, 0.1) is 0 Å². The molecule has 2 rings (SSSR count). The summed E-state index contributed by atoms with van der Waals surface area (Å²) in [6, 6.07) is 8.19. The molecule has 1 heterocycles. The second kappa shape index (κ2) is 3.91. The summed E-state index contributed by atoms with van der Waals surface area (Å²) in [7, 11) is 0. The Morgan fingerprint density at radius 3 is 2.25 bits per heavy atom. The van der Waals surface area contributed by atoms with Gasteiger partial charge in [0, 0.05) is 25.0 Å². The van der Waals surface area contributed by atoms with Crippen LogP contribution >= 0.6 is 0 Å². The van der Waals surface area contributed by atoms with Crippen LogP contribution in [-0.4, -0.2) is 16.3 Å². The first-order valence-electron chi connectivity index (χ1n) is 5.59. The molecule has 0 radical (unpaired) electrons. The Kier molecular flexibility index (Phi) is 2.72. The van der Waals surface area contributed by atoms with E-state index in [1.807, 2.05) is 30.9 Å². The van der Waals surface area contributed by atoms with Gasteiger partial charge in [0.15, 0.2) is 0 Å². The quantitative estimate of drug-likeness (QED) is 0.820. The van der Waals surface area contributed by atoms with Crippen molar-refractivity contribution >= 4 is 5.91 Å². The first kappa shape index (κ1) is 11.1. The lowest BCUT2D eigenvalue weighted by molar-refractivity contribution is -0.132. The first-order chi connectivity index (χ1) is 7.46. The van der Waals surface area contributed by atoms with E-state index in [1.165, 1.54) is 11.1 Å². The second-order valence-corrected chi connectivity index (χ2v) is 5.18. The highest BCUT2D eigenvalue weighted by atomic mass is 16.2. The van der Waals surface area contributed by atoms with Crippen LogP contribution in [0.15, 0.2) is 24.3 Å². The van der Waals surface area contributed by atoms with Crippen molar-refractivity contribution < 1.29 is 4.79 Å². The molecule has 1 aromatic rings. The molecule has 86 valence electrons. The van der Waals surface area contributed by atoms with Crippen LogP contribution in [0.2, 0.25) is 0 Å². The molecule has 0 saturated heterocycles. The Balaban J connectivity index is 2.04. The number of rotatable bonds is 2. The highest BCUT2D eigenvalue weighted by Crippen LogP contribution is 2.23. The largest absolute Gasteiger partial charge is 0.334 e. The summed E-state index contributed by atoms with van der Waals surface area (Å²) in [4.78, 5) is 13.8. The smallest absolute Gasteiger partial charge is 0.224 e. The van der Waals surface area contributed by atoms with Gasteiger partial charge < -0.3 is 10.6 Å². The van der Waals surface area contributed by atoms with Gasteiger partial charge in [0.25, 0.3) is 0 Å². The van der Waals surface area contributed by atoms with Crippen molar-refractivity contribution in [3.8, 4) is 0 Å². The summed E-state index contributed by atoms with van der Waals surface area (Å²) in [5.74, 6) is 0.142. The molecule has 0 aliphatic carbocycles. The van der Waals surface area contributed by atoms with Gasteiger partial charge in [-0.25, -0.2) is 0 Å². The standard InChI is InChI=1S/C13H18N2O/c1-13(2,14)7-12(16)15-8-10-5-3-4-6-11(10)9-15/h3-6H,7-9,14H2,1-2H3. The van der Waals surface area contributed by atoms with Crippen molar-refractivity contribution in [2.24, 2.45) is 5.73 Å². The molecule has 2 N–H and O–H groups in total. The number of fused-ring (bicyclic) bond motifs is 1. The SMILES string of the molecule is CC(C)(N)CC(=O)N1Cc2ccccc2C1. The zero-order valence-electron chi connectivity index (χ0n) is 9.86. The van der Waals surface area contributed by atoms with Gasteiger partial charge in [0.2, 0.25) is 5.91 Å². The van der Waals surface area contributed by atoms with Crippen LogP contribution < -0.4 is 5.73 Å². The lowest BCUT2D eigenvalue weighted by atomic mass is 10.0. The molecule has 1 aliphatic heterocycles. The molecule has 3 heteroatoms. The van der Waals surface area contributed by atoms with Crippen molar-refractivity contribution in [3.63, 3.8) is 0 Å². The third kappa shape index (κ3) is 2.42. The number of nitrogens with two attached hydrogens (primary N) is 1. The fourth-order valence-corrected chi connectivity index (χ4v) is 2.01. The Hall–Kier alpha value is -1.35. The normalized spacial score (nSPS) is 15.1. The maximum absolute atomic E-state index is 12.0. The molecule has 1 amide bonds. The lowest BCUT2D eigenvalue weighted by Crippen LogP contribution is -2.39. The van der Waals surface area contributed by atoms with Crippen LogP contribution in [0, 0.1) is 0 Å². The monoisotopic (exact) mass is 218 g/mol. The second-order valence-electron chi connectivity index (χ2n) is 5.18. The average Bonchev–Trinajstić information content (AvgIpc) is 2.58. The van der Waals surface area contributed by atoms with Gasteiger partial charge in [-0.15, -0.1) is 0 Å². The number of hydrogen-bond acceptors (Lipinski definition) is 2. The maximum atomic E-state index is 12.0. The third-order valence-electron chi connectivity index (χ3n) is 2.80. The molecule has 0 saturated carbocycles. The van der Waals surface area contributed by atoms with Gasteiger partial charge in [-0.1, -0.05) is 24.3 Å². The van der Waals surface area contributed by atoms with Gasteiger partial charge in [0.1, 0.15) is 0 Å². The van der Waals surface area contributed by atoms with Crippen LogP contribution in [0.4, 0.5) is 0 Å². The predicted octanol–water partition coefficient (Wildman–Crippen LogP) is 1.66. The third-order valence-corrected chi connectivity index (χ3v) is 2.80. The van der Waals surface area contributed by atoms with Crippen molar-refractivity contribution in [2.75, 3.05) is 0 Å². The minimum absolute atomic E-state index is 0.142. The van der Waals surface area contributed by atoms with Crippen LogP contribution in [0.5, 0.6) is 0 Å². The summed E-state index contributed by atoms with van der Waals surface area (Å²) in [5, 5.41) is 0. The zero-order valence-corrected chi connectivity index (χ0v) is 9.86. The molecular weight excluding hydrogens is 200 g/mol. The Morgan fingerprint density at radius 2 is 1.81 bits per heavy atom. The van der Waals surface area contributed by atoms with Crippen LogP contribution in [0.3, 0.4) is 0 Å². The van der Waals surface area contributed by atoms with E-state index in [9.17, 15) is 4.79 Å². The minimum Gasteiger partial charge on any atom is -0.334 e. The number of amides is 1. The van der Waals surface area contributed by atoms with E-state index >= 15 is 0 Å². The topological polar surface area (TPSA) is 46.3 Å². The van der Waals surface area contributed by atoms with E-state index in [1.54, 1.807) is 0 Å². The van der Waals surface area contributed by atoms with Gasteiger partial charge in [-0.05, 0) is 25.0 Å². The predicted molar refractivity (Wildman–Crippen MR) is 63.6 cm³/mol. The van der Waals surface area contributed by atoms with E-state index in [2.05, 4.69) is 12.1 Å². The lowest BCUT2D eigenvalue weighted by Gasteiger charge is -2.22. The maximum Gasteiger partial charge on any atom is 0.224 e. The van der Waals surface area contributed by atoms with E-state index in [4.69, 9.17) is 5.73 Å². The fraction of sp³-hybridized carbons (Fsp3) is 0.462. The number of benzene rings is 1. The molecule has 0 unspecified atom stereocenters. The highest BCUT2D eigenvalue weighted by Gasteiger charge is 2.26. The molecule has 16 heavy (non-hydrogen) atoms. The molecule has 1 aliphatic rings. The highest BCUT2D eigenvalue weighted by molar-refractivity contribution is 5.78. The minimum atomic E-state index is -0.425. The zero-order chi connectivity index (χ0) is 11.8. The van der Waals surface area contributed by atoms with E-state index < -0.39 is 5.54 Å².